The summed E-state index contributed by atoms with van der Waals surface area (Å²) in [6.45, 7) is 3.43. The van der Waals surface area contributed by atoms with E-state index in [0.29, 0.717) is 38.3 Å². The van der Waals surface area contributed by atoms with Crippen LogP contribution in [0, 0.1) is 18.8 Å². The molecule has 3 amide bonds. The summed E-state index contributed by atoms with van der Waals surface area (Å²) in [5.74, 6) is 0.0401. The molecule has 2 aliphatic heterocycles. The Morgan fingerprint density at radius 1 is 1.09 bits per heavy atom. The van der Waals surface area contributed by atoms with Crippen LogP contribution >= 0.6 is 11.8 Å². The van der Waals surface area contributed by atoms with Crippen LogP contribution in [0.25, 0.3) is 0 Å². The van der Waals surface area contributed by atoms with Crippen molar-refractivity contribution in [2.24, 2.45) is 11.8 Å². The zero-order valence-electron chi connectivity index (χ0n) is 18.4. The molecule has 0 aliphatic carbocycles. The second-order valence-corrected chi connectivity index (χ2v) is 9.29. The number of carbonyl (C=O) groups excluding carboxylic acids is 3. The van der Waals surface area contributed by atoms with Gasteiger partial charge in [0.25, 0.3) is 0 Å². The first-order valence-corrected chi connectivity index (χ1v) is 12.1. The minimum absolute atomic E-state index is 0.0137. The van der Waals surface area contributed by atoms with Gasteiger partial charge in [-0.3, -0.25) is 14.4 Å². The molecule has 1 aromatic heterocycles. The van der Waals surface area contributed by atoms with Crippen molar-refractivity contribution in [1.82, 2.24) is 9.88 Å². The number of hydrogen-bond donors (Lipinski definition) is 1. The van der Waals surface area contributed by atoms with Crippen molar-refractivity contribution in [2.75, 3.05) is 36.1 Å². The number of nitrogens with zero attached hydrogens (tertiary/aromatic N) is 3. The molecule has 3 heterocycles. The minimum Gasteiger partial charge on any atom is -0.342 e. The van der Waals surface area contributed by atoms with E-state index < -0.39 is 0 Å². The highest BCUT2D eigenvalue weighted by Gasteiger charge is 2.38. The molecule has 2 aromatic rings. The maximum Gasteiger partial charge on any atom is 0.228 e. The Morgan fingerprint density at radius 2 is 1.81 bits per heavy atom. The van der Waals surface area contributed by atoms with E-state index >= 15 is 0 Å². The molecule has 1 aromatic carbocycles. The smallest absolute Gasteiger partial charge is 0.228 e. The Labute approximate surface area is 192 Å². The van der Waals surface area contributed by atoms with Gasteiger partial charge in [0.05, 0.1) is 5.92 Å². The van der Waals surface area contributed by atoms with Crippen LogP contribution < -0.4 is 10.2 Å². The van der Waals surface area contributed by atoms with Gasteiger partial charge in [-0.25, -0.2) is 4.98 Å². The summed E-state index contributed by atoms with van der Waals surface area (Å²) in [6, 6.07) is 11.6. The molecule has 7 nitrogen and oxygen atoms in total. The SMILES string of the molecule is CSc1ccc(N2CC(C(=O)N3CCC(C(=O)Nc4cc(C)ccn4)CC3)CC2=O)cc1. The Bertz CT molecular complexity index is 1000. The van der Waals surface area contributed by atoms with Gasteiger partial charge in [0.2, 0.25) is 17.7 Å². The maximum absolute atomic E-state index is 13.1. The number of amides is 3. The van der Waals surface area contributed by atoms with Gasteiger partial charge in [-0.2, -0.15) is 0 Å². The standard InChI is InChI=1S/C24H28N4O3S/c1-16-7-10-25-21(13-16)26-23(30)17-8-11-27(12-9-17)24(31)18-14-22(29)28(15-18)19-3-5-20(32-2)6-4-19/h3-7,10,13,17-18H,8-9,11-12,14-15H2,1-2H3,(H,25,26,30). The van der Waals surface area contributed by atoms with Gasteiger partial charge in [-0.05, 0) is 68.0 Å². The monoisotopic (exact) mass is 452 g/mol. The number of piperidine rings is 1. The molecule has 1 N–H and O–H groups in total. The number of anilines is 2. The third-order valence-electron chi connectivity index (χ3n) is 6.20. The van der Waals surface area contributed by atoms with Crippen LogP contribution in [0.1, 0.15) is 24.8 Å². The first-order valence-electron chi connectivity index (χ1n) is 10.9. The highest BCUT2D eigenvalue weighted by atomic mass is 32.2. The molecule has 2 fully saturated rings. The van der Waals surface area contributed by atoms with E-state index in [9.17, 15) is 14.4 Å². The topological polar surface area (TPSA) is 82.6 Å². The quantitative estimate of drug-likeness (QED) is 0.704. The van der Waals surface area contributed by atoms with Crippen LogP contribution in [0.5, 0.6) is 0 Å². The van der Waals surface area contributed by atoms with Crippen molar-refractivity contribution in [1.29, 1.82) is 0 Å². The van der Waals surface area contributed by atoms with Crippen molar-refractivity contribution < 1.29 is 14.4 Å². The fraction of sp³-hybridized carbons (Fsp3) is 0.417. The lowest BCUT2D eigenvalue weighted by atomic mass is 9.94. The molecule has 1 atom stereocenters. The second kappa shape index (κ2) is 9.73. The third kappa shape index (κ3) is 4.96. The predicted molar refractivity (Wildman–Crippen MR) is 126 cm³/mol. The van der Waals surface area contributed by atoms with E-state index in [-0.39, 0.29) is 36.0 Å². The molecular formula is C24H28N4O3S. The van der Waals surface area contributed by atoms with Crippen LogP contribution in [0.15, 0.2) is 47.5 Å². The third-order valence-corrected chi connectivity index (χ3v) is 6.95. The zero-order valence-corrected chi connectivity index (χ0v) is 19.2. The van der Waals surface area contributed by atoms with Gasteiger partial charge >= 0.3 is 0 Å². The van der Waals surface area contributed by atoms with Crippen LogP contribution in [-0.2, 0) is 14.4 Å². The zero-order chi connectivity index (χ0) is 22.7. The number of aryl methyl sites for hydroxylation is 1. The first kappa shape index (κ1) is 22.3. The number of pyridine rings is 1. The number of nitrogens with one attached hydrogen (secondary N) is 1. The van der Waals surface area contributed by atoms with Crippen molar-refractivity contribution in [2.45, 2.75) is 31.1 Å². The van der Waals surface area contributed by atoms with E-state index in [2.05, 4.69) is 10.3 Å². The molecule has 4 rings (SSSR count). The predicted octanol–water partition coefficient (Wildman–Crippen LogP) is 3.34. The fourth-order valence-electron chi connectivity index (χ4n) is 4.34. The van der Waals surface area contributed by atoms with Gasteiger partial charge in [-0.1, -0.05) is 0 Å². The van der Waals surface area contributed by atoms with Crippen LogP contribution in [-0.4, -0.2) is 53.5 Å². The number of aromatic nitrogens is 1. The summed E-state index contributed by atoms with van der Waals surface area (Å²) < 4.78 is 0. The molecular weight excluding hydrogens is 424 g/mol. The van der Waals surface area contributed by atoms with Gasteiger partial charge in [0.1, 0.15) is 5.82 Å². The highest BCUT2D eigenvalue weighted by Crippen LogP contribution is 2.29. The Morgan fingerprint density at radius 3 is 2.47 bits per heavy atom. The minimum atomic E-state index is -0.329. The van der Waals surface area contributed by atoms with Gasteiger partial charge in [0, 0.05) is 48.8 Å². The average Bonchev–Trinajstić information content (AvgIpc) is 3.20. The second-order valence-electron chi connectivity index (χ2n) is 8.41. The number of likely N-dealkylation sites (tertiary alicyclic amines) is 1. The van der Waals surface area contributed by atoms with E-state index in [1.165, 1.54) is 0 Å². The molecule has 0 bridgehead atoms. The van der Waals surface area contributed by atoms with Crippen molar-refractivity contribution in [3.63, 3.8) is 0 Å². The van der Waals surface area contributed by atoms with E-state index in [4.69, 9.17) is 0 Å². The largest absolute Gasteiger partial charge is 0.342 e. The number of carbonyl (C=O) groups is 3. The van der Waals surface area contributed by atoms with Crippen LogP contribution in [0.4, 0.5) is 11.5 Å². The average molecular weight is 453 g/mol. The summed E-state index contributed by atoms with van der Waals surface area (Å²) in [4.78, 5) is 47.1. The van der Waals surface area contributed by atoms with Crippen LogP contribution in [0.2, 0.25) is 0 Å². The fourth-order valence-corrected chi connectivity index (χ4v) is 4.75. The van der Waals surface area contributed by atoms with Gasteiger partial charge < -0.3 is 15.1 Å². The van der Waals surface area contributed by atoms with Crippen molar-refractivity contribution >= 4 is 41.0 Å². The summed E-state index contributed by atoms with van der Waals surface area (Å²) in [6.07, 6.45) is 5.16. The molecule has 8 heteroatoms. The molecule has 2 saturated heterocycles. The maximum atomic E-state index is 13.1. The summed E-state index contributed by atoms with van der Waals surface area (Å²) in [5.41, 5.74) is 1.87. The number of hydrogen-bond acceptors (Lipinski definition) is 5. The van der Waals surface area contributed by atoms with Crippen molar-refractivity contribution in [3.8, 4) is 0 Å². The lowest BCUT2D eigenvalue weighted by Gasteiger charge is -2.32. The highest BCUT2D eigenvalue weighted by molar-refractivity contribution is 7.98. The number of rotatable bonds is 5. The molecule has 2 aliphatic rings. The Balaban J connectivity index is 1.30. The van der Waals surface area contributed by atoms with Crippen LogP contribution in [0.3, 0.4) is 0 Å². The number of benzene rings is 1. The first-order chi connectivity index (χ1) is 15.4. The van der Waals surface area contributed by atoms with E-state index in [1.54, 1.807) is 22.9 Å². The molecule has 0 saturated carbocycles. The Kier molecular flexibility index (Phi) is 6.79. The molecule has 1 unspecified atom stereocenters. The summed E-state index contributed by atoms with van der Waals surface area (Å²) in [5, 5.41) is 2.88. The van der Waals surface area contributed by atoms with E-state index in [0.717, 1.165) is 16.1 Å². The molecule has 0 radical (unpaired) electrons. The van der Waals surface area contributed by atoms with Crippen molar-refractivity contribution in [3.05, 3.63) is 48.2 Å². The number of thioether (sulfide) groups is 1. The summed E-state index contributed by atoms with van der Waals surface area (Å²) in [7, 11) is 0. The molecule has 0 spiro atoms. The van der Waals surface area contributed by atoms with Gasteiger partial charge in [-0.15, -0.1) is 11.8 Å². The lowest BCUT2D eigenvalue weighted by Crippen LogP contribution is -2.44. The summed E-state index contributed by atoms with van der Waals surface area (Å²) >= 11 is 1.65. The van der Waals surface area contributed by atoms with Gasteiger partial charge in [0.15, 0.2) is 0 Å². The molecule has 168 valence electrons. The molecule has 32 heavy (non-hydrogen) atoms. The lowest BCUT2D eigenvalue weighted by molar-refractivity contribution is -0.138. The Hall–Kier alpha value is -2.87. The van der Waals surface area contributed by atoms with E-state index in [1.807, 2.05) is 54.5 Å². The normalized spacial score (nSPS) is 19.3.